The lowest BCUT2D eigenvalue weighted by molar-refractivity contribution is 0.0434. The fourth-order valence-corrected chi connectivity index (χ4v) is 2.19. The van der Waals surface area contributed by atoms with Crippen LogP contribution in [0.4, 0.5) is 0 Å². The van der Waals surface area contributed by atoms with Gasteiger partial charge in [-0.25, -0.2) is 0 Å². The van der Waals surface area contributed by atoms with Crippen molar-refractivity contribution in [3.63, 3.8) is 0 Å². The first kappa shape index (κ1) is 18.9. The number of halogens is 1. The summed E-state index contributed by atoms with van der Waals surface area (Å²) in [6.45, 7) is 7.86. The average Bonchev–Trinajstić information content (AvgIpc) is 3.20. The number of aliphatic imine (C=N–C) groups is 1. The Balaban J connectivity index is 0.000000166. The number of likely N-dealkylation sites (N-methyl/N-ethyl adjacent to an activating group) is 1. The van der Waals surface area contributed by atoms with Crippen LogP contribution in [0.25, 0.3) is 0 Å². The van der Waals surface area contributed by atoms with Crippen LogP contribution in [-0.2, 0) is 9.47 Å². The average molecular weight is 327 g/mol. The van der Waals surface area contributed by atoms with E-state index in [1.165, 1.54) is 0 Å². The molecule has 0 amide bonds. The Kier molecular flexibility index (Phi) is 9.87. The molecule has 5 heteroatoms. The summed E-state index contributed by atoms with van der Waals surface area (Å²) in [6.07, 6.45) is 2.45. The van der Waals surface area contributed by atoms with E-state index in [0.29, 0.717) is 6.23 Å². The van der Waals surface area contributed by atoms with E-state index in [1.54, 1.807) is 0 Å². The molecule has 1 fully saturated rings. The summed E-state index contributed by atoms with van der Waals surface area (Å²) in [6, 6.07) is 9.44. The zero-order chi connectivity index (χ0) is 16.2. The largest absolute Gasteiger partial charge is 0.479 e. The molecule has 1 aromatic rings. The predicted molar refractivity (Wildman–Crippen MR) is 92.7 cm³/mol. The van der Waals surface area contributed by atoms with Gasteiger partial charge in [0.1, 0.15) is 12.8 Å². The van der Waals surface area contributed by atoms with Crippen LogP contribution in [0.5, 0.6) is 0 Å². The van der Waals surface area contributed by atoms with Gasteiger partial charge >= 0.3 is 0 Å². The minimum atomic E-state index is 0.398. The molecule has 0 bridgehead atoms. The van der Waals surface area contributed by atoms with Gasteiger partial charge in [-0.05, 0) is 25.6 Å². The monoisotopic (exact) mass is 326 g/mol. The van der Waals surface area contributed by atoms with Gasteiger partial charge in [-0.1, -0.05) is 43.6 Å². The van der Waals surface area contributed by atoms with Gasteiger partial charge in [-0.2, -0.15) is 0 Å². The third kappa shape index (κ3) is 7.78. The van der Waals surface area contributed by atoms with Gasteiger partial charge in [-0.3, -0.25) is 9.89 Å². The molecule has 2 heterocycles. The summed E-state index contributed by atoms with van der Waals surface area (Å²) in [5.74, 6) is 0.917. The van der Waals surface area contributed by atoms with Gasteiger partial charge in [0, 0.05) is 18.0 Å². The van der Waals surface area contributed by atoms with Crippen molar-refractivity contribution >= 4 is 17.5 Å². The molecule has 124 valence electrons. The molecule has 0 N–H and O–H groups in total. The van der Waals surface area contributed by atoms with Gasteiger partial charge in [-0.15, -0.1) is 0 Å². The molecule has 1 saturated heterocycles. The van der Waals surface area contributed by atoms with E-state index in [-0.39, 0.29) is 0 Å². The van der Waals surface area contributed by atoms with Crippen molar-refractivity contribution in [1.29, 1.82) is 0 Å². The Morgan fingerprint density at radius 3 is 2.23 bits per heavy atom. The fourth-order valence-electron chi connectivity index (χ4n) is 2.04. The van der Waals surface area contributed by atoms with Crippen LogP contribution in [0.2, 0.25) is 5.02 Å². The Morgan fingerprint density at radius 2 is 1.95 bits per heavy atom. The summed E-state index contributed by atoms with van der Waals surface area (Å²) in [5, 5.41) is 0.794. The Bertz CT molecular complexity index is 426. The maximum atomic E-state index is 5.54. The first-order valence-electron chi connectivity index (χ1n) is 7.85. The molecule has 0 aromatic heterocycles. The topological polar surface area (TPSA) is 34.1 Å². The van der Waals surface area contributed by atoms with E-state index in [4.69, 9.17) is 21.1 Å². The lowest BCUT2D eigenvalue weighted by Gasteiger charge is -2.14. The summed E-state index contributed by atoms with van der Waals surface area (Å²) in [4.78, 5) is 6.28. The van der Waals surface area contributed by atoms with E-state index in [0.717, 1.165) is 50.1 Å². The molecule has 0 saturated carbocycles. The Labute approximate surface area is 139 Å². The molecule has 2 aliphatic rings. The third-order valence-electron chi connectivity index (χ3n) is 3.28. The molecule has 1 aromatic carbocycles. The van der Waals surface area contributed by atoms with Crippen LogP contribution in [0.3, 0.4) is 0 Å². The van der Waals surface area contributed by atoms with Crippen molar-refractivity contribution in [2.24, 2.45) is 4.99 Å². The fraction of sp³-hybridized carbons (Fsp3) is 0.588. The van der Waals surface area contributed by atoms with Gasteiger partial charge in [0.2, 0.25) is 0 Å². The van der Waals surface area contributed by atoms with Crippen molar-refractivity contribution in [1.82, 2.24) is 4.90 Å². The molecule has 1 atom stereocenters. The number of nitrogens with zero attached hydrogens (tertiary/aromatic N) is 2. The number of ether oxygens (including phenoxy) is 2. The van der Waals surface area contributed by atoms with Crippen LogP contribution in [-0.4, -0.2) is 50.4 Å². The molecule has 2 aliphatic heterocycles. The number of hydrogen-bond donors (Lipinski definition) is 0. The first-order valence-corrected chi connectivity index (χ1v) is 8.23. The van der Waals surface area contributed by atoms with Crippen LogP contribution in [0.15, 0.2) is 35.3 Å². The number of hydrogen-bond acceptors (Lipinski definition) is 4. The second-order valence-electron chi connectivity index (χ2n) is 4.99. The Morgan fingerprint density at radius 1 is 1.23 bits per heavy atom. The van der Waals surface area contributed by atoms with E-state index in [9.17, 15) is 0 Å². The van der Waals surface area contributed by atoms with E-state index >= 15 is 0 Å². The van der Waals surface area contributed by atoms with Gasteiger partial charge < -0.3 is 9.47 Å². The van der Waals surface area contributed by atoms with Gasteiger partial charge in [0.25, 0.3) is 0 Å². The minimum absolute atomic E-state index is 0.398. The standard InChI is InChI=1S/C6H5Cl.C6H13NO.C5H9NO/c7-6-4-2-1-3-5-6;1-3-6-7(2)4-5-8-6;1-2-5-6-3-4-7-5/h1-5H;6H,3-5H2,1-2H3;2-4H2,1H3. The predicted octanol–water partition coefficient (Wildman–Crippen LogP) is 3.85. The van der Waals surface area contributed by atoms with E-state index < -0.39 is 0 Å². The summed E-state index contributed by atoms with van der Waals surface area (Å²) in [5.41, 5.74) is 0. The SMILES string of the molecule is CCC1=NCCO1.CCC1OCCN1C.Clc1ccccc1. The summed E-state index contributed by atoms with van der Waals surface area (Å²) >= 11 is 5.54. The highest BCUT2D eigenvalue weighted by atomic mass is 35.5. The maximum absolute atomic E-state index is 5.54. The highest BCUT2D eigenvalue weighted by Crippen LogP contribution is 2.08. The number of rotatable bonds is 2. The van der Waals surface area contributed by atoms with Crippen LogP contribution in [0.1, 0.15) is 26.7 Å². The number of benzene rings is 1. The van der Waals surface area contributed by atoms with Crippen molar-refractivity contribution in [2.45, 2.75) is 32.9 Å². The quantitative estimate of drug-likeness (QED) is 0.827. The zero-order valence-electron chi connectivity index (χ0n) is 13.8. The molecule has 3 rings (SSSR count). The lowest BCUT2D eigenvalue weighted by atomic mass is 10.4. The van der Waals surface area contributed by atoms with Crippen molar-refractivity contribution in [3.8, 4) is 0 Å². The first-order chi connectivity index (χ1) is 10.7. The maximum Gasteiger partial charge on any atom is 0.183 e. The van der Waals surface area contributed by atoms with Crippen molar-refractivity contribution in [2.75, 3.05) is 33.4 Å². The molecular weight excluding hydrogens is 300 g/mol. The Hall–Kier alpha value is -1.10. The summed E-state index contributed by atoms with van der Waals surface area (Å²) < 4.78 is 10.4. The smallest absolute Gasteiger partial charge is 0.183 e. The molecule has 0 spiro atoms. The van der Waals surface area contributed by atoms with Crippen LogP contribution in [0, 0.1) is 0 Å². The normalized spacial score (nSPS) is 20.2. The molecule has 0 radical (unpaired) electrons. The second-order valence-corrected chi connectivity index (χ2v) is 5.42. The third-order valence-corrected chi connectivity index (χ3v) is 3.53. The van der Waals surface area contributed by atoms with Crippen molar-refractivity contribution in [3.05, 3.63) is 35.4 Å². The molecule has 4 nitrogen and oxygen atoms in total. The minimum Gasteiger partial charge on any atom is -0.479 e. The molecule has 1 unspecified atom stereocenters. The van der Waals surface area contributed by atoms with Gasteiger partial charge in [0.15, 0.2) is 5.90 Å². The zero-order valence-corrected chi connectivity index (χ0v) is 14.6. The molecule has 0 aliphatic carbocycles. The summed E-state index contributed by atoms with van der Waals surface area (Å²) in [7, 11) is 2.10. The van der Waals surface area contributed by atoms with Gasteiger partial charge in [0.05, 0.1) is 13.2 Å². The second kappa shape index (κ2) is 11.5. The van der Waals surface area contributed by atoms with Crippen LogP contribution >= 0.6 is 11.6 Å². The van der Waals surface area contributed by atoms with Crippen LogP contribution < -0.4 is 0 Å². The lowest BCUT2D eigenvalue weighted by Crippen LogP contribution is -2.24. The highest BCUT2D eigenvalue weighted by Gasteiger charge is 2.18. The van der Waals surface area contributed by atoms with E-state index in [1.807, 2.05) is 37.3 Å². The van der Waals surface area contributed by atoms with Crippen molar-refractivity contribution < 1.29 is 9.47 Å². The molecular formula is C17H27ClN2O2. The van der Waals surface area contributed by atoms with E-state index in [2.05, 4.69) is 23.9 Å². The highest BCUT2D eigenvalue weighted by molar-refractivity contribution is 6.30. The molecule has 22 heavy (non-hydrogen) atoms.